The summed E-state index contributed by atoms with van der Waals surface area (Å²) in [6.07, 6.45) is 0. The quantitative estimate of drug-likeness (QED) is 0.125. The Morgan fingerprint density at radius 1 is 0.270 bits per heavy atom. The molecule has 0 fully saturated rings. The van der Waals surface area contributed by atoms with E-state index in [1.165, 1.54) is 87.3 Å². The molecule has 13 aromatic rings. The third-order valence-electron chi connectivity index (χ3n) is 13.1. The van der Waals surface area contributed by atoms with Gasteiger partial charge in [0.2, 0.25) is 0 Å². The van der Waals surface area contributed by atoms with Gasteiger partial charge in [-0.2, -0.15) is 0 Å². The average Bonchev–Trinajstić information content (AvgIpc) is 3.68. The minimum absolute atomic E-state index is 0.980. The molecule has 2 aromatic heterocycles. The zero-order chi connectivity index (χ0) is 41.4. The summed E-state index contributed by atoms with van der Waals surface area (Å²) in [7, 11) is 0. The summed E-state index contributed by atoms with van der Waals surface area (Å²) < 4.78 is 2.41. The predicted octanol–water partition coefficient (Wildman–Crippen LogP) is 16.6. The molecule has 0 amide bonds. The summed E-state index contributed by atoms with van der Waals surface area (Å²) in [5, 5.41) is 13.5. The van der Waals surface area contributed by atoms with E-state index in [0.717, 1.165) is 38.8 Å². The molecule has 0 aliphatic heterocycles. The third-order valence-corrected chi connectivity index (χ3v) is 13.1. The fraction of sp³-hybridized carbons (Fsp3) is 0. The van der Waals surface area contributed by atoms with E-state index in [1.54, 1.807) is 0 Å². The maximum atomic E-state index is 5.41. The van der Waals surface area contributed by atoms with Crippen LogP contribution in [0.5, 0.6) is 0 Å². The number of nitrogens with zero attached hydrogens (tertiary/aromatic N) is 2. The smallest absolute Gasteiger partial charge is 0.0788 e. The molecule has 0 radical (unpaired) electrons. The van der Waals surface area contributed by atoms with Crippen molar-refractivity contribution in [2.45, 2.75) is 0 Å². The molecule has 63 heavy (non-hydrogen) atoms. The summed E-state index contributed by atoms with van der Waals surface area (Å²) in [6.45, 7) is 0. The van der Waals surface area contributed by atoms with Gasteiger partial charge in [0.1, 0.15) is 0 Å². The molecule has 11 aromatic carbocycles. The maximum absolute atomic E-state index is 5.41. The highest BCUT2D eigenvalue weighted by Crippen LogP contribution is 2.45. The first kappa shape index (κ1) is 35.4. The van der Waals surface area contributed by atoms with E-state index >= 15 is 0 Å². The molecule has 0 saturated heterocycles. The Morgan fingerprint density at radius 2 is 0.825 bits per heavy atom. The summed E-state index contributed by atoms with van der Waals surface area (Å²) in [6, 6.07) is 84.1. The van der Waals surface area contributed by atoms with Gasteiger partial charge in [-0.3, -0.25) is 0 Å². The van der Waals surface area contributed by atoms with E-state index in [1.807, 2.05) is 0 Å². The fourth-order valence-corrected chi connectivity index (χ4v) is 10.2. The zero-order valence-electron chi connectivity index (χ0n) is 34.3. The molecule has 2 heteroatoms. The molecule has 292 valence electrons. The fourth-order valence-electron chi connectivity index (χ4n) is 10.2. The molecule has 0 aliphatic rings. The molecule has 0 atom stereocenters. The number of pyridine rings is 1. The van der Waals surface area contributed by atoms with Crippen LogP contribution in [-0.2, 0) is 0 Å². The normalized spacial score (nSPS) is 11.8. The molecule has 0 bridgehead atoms. The summed E-state index contributed by atoms with van der Waals surface area (Å²) in [5.41, 5.74) is 13.9. The minimum Gasteiger partial charge on any atom is -0.309 e. The topological polar surface area (TPSA) is 17.8 Å². The number of hydrogen-bond acceptors (Lipinski definition) is 1. The number of rotatable bonds is 5. The van der Waals surface area contributed by atoms with Gasteiger partial charge in [-0.25, -0.2) is 4.98 Å². The van der Waals surface area contributed by atoms with Gasteiger partial charge in [-0.05, 0) is 120 Å². The molecular weight excluding hydrogens is 761 g/mol. The van der Waals surface area contributed by atoms with Crippen LogP contribution in [0.15, 0.2) is 231 Å². The first-order valence-electron chi connectivity index (χ1n) is 21.7. The summed E-state index contributed by atoms with van der Waals surface area (Å²) in [4.78, 5) is 5.41. The van der Waals surface area contributed by atoms with E-state index < -0.39 is 0 Å². The molecule has 0 saturated carbocycles. The van der Waals surface area contributed by atoms with Crippen LogP contribution >= 0.6 is 0 Å². The lowest BCUT2D eigenvalue weighted by atomic mass is 9.85. The molecule has 13 rings (SSSR count). The van der Waals surface area contributed by atoms with Crippen molar-refractivity contribution in [3.63, 3.8) is 0 Å². The molecule has 0 spiro atoms. The Labute approximate surface area is 364 Å². The monoisotopic (exact) mass is 798 g/mol. The highest BCUT2D eigenvalue weighted by atomic mass is 15.0. The van der Waals surface area contributed by atoms with Crippen LogP contribution in [0.3, 0.4) is 0 Å². The third kappa shape index (κ3) is 5.62. The Bertz CT molecular complexity index is 3880. The second kappa shape index (κ2) is 14.1. The maximum Gasteiger partial charge on any atom is 0.0788 e. The lowest BCUT2D eigenvalue weighted by Crippen LogP contribution is -1.94. The second-order valence-electron chi connectivity index (χ2n) is 16.6. The van der Waals surface area contributed by atoms with Gasteiger partial charge in [-0.15, -0.1) is 0 Å². The van der Waals surface area contributed by atoms with Gasteiger partial charge in [0.05, 0.1) is 22.2 Å². The Balaban J connectivity index is 0.992. The highest BCUT2D eigenvalue weighted by molar-refractivity contribution is 6.23. The van der Waals surface area contributed by atoms with Crippen LogP contribution in [0, 0.1) is 0 Å². The predicted molar refractivity (Wildman–Crippen MR) is 268 cm³/mol. The first-order valence-corrected chi connectivity index (χ1v) is 21.7. The summed E-state index contributed by atoms with van der Waals surface area (Å²) >= 11 is 0. The van der Waals surface area contributed by atoms with Crippen molar-refractivity contribution in [3.8, 4) is 50.3 Å². The van der Waals surface area contributed by atoms with Gasteiger partial charge in [0, 0.05) is 32.8 Å². The van der Waals surface area contributed by atoms with Crippen LogP contribution < -0.4 is 0 Å². The van der Waals surface area contributed by atoms with Crippen LogP contribution in [0.25, 0.3) is 126 Å². The van der Waals surface area contributed by atoms with E-state index in [2.05, 4.69) is 235 Å². The largest absolute Gasteiger partial charge is 0.309 e. The van der Waals surface area contributed by atoms with Crippen molar-refractivity contribution >= 4 is 75.8 Å². The molecule has 0 unspecified atom stereocenters. The Kier molecular flexibility index (Phi) is 7.94. The van der Waals surface area contributed by atoms with E-state index in [0.29, 0.717) is 0 Å². The molecule has 2 nitrogen and oxygen atoms in total. The first-order chi connectivity index (χ1) is 31.2. The molecule has 0 N–H and O–H groups in total. The van der Waals surface area contributed by atoms with Gasteiger partial charge in [0.25, 0.3) is 0 Å². The van der Waals surface area contributed by atoms with Crippen molar-refractivity contribution in [1.29, 1.82) is 0 Å². The molecule has 2 heterocycles. The van der Waals surface area contributed by atoms with Crippen LogP contribution in [-0.4, -0.2) is 9.55 Å². The SMILES string of the molecule is c1ccc(-c2nc3ccc(-c4ccc(-c5c6ccccc6c(-c6ccc7ccccc7c6)c6ccccc56)cc4)cc3c3cc4c(cc23)c2ccccc2n4-c2ccccc2)cc1. The van der Waals surface area contributed by atoms with Crippen molar-refractivity contribution in [2.24, 2.45) is 0 Å². The minimum atomic E-state index is 0.980. The zero-order valence-corrected chi connectivity index (χ0v) is 34.3. The van der Waals surface area contributed by atoms with Gasteiger partial charge >= 0.3 is 0 Å². The number of fused-ring (bicyclic) bond motifs is 9. The second-order valence-corrected chi connectivity index (χ2v) is 16.6. The van der Waals surface area contributed by atoms with Crippen LogP contribution in [0.1, 0.15) is 0 Å². The van der Waals surface area contributed by atoms with Crippen molar-refractivity contribution < 1.29 is 0 Å². The number of aromatic nitrogens is 2. The van der Waals surface area contributed by atoms with Gasteiger partial charge < -0.3 is 4.57 Å². The van der Waals surface area contributed by atoms with E-state index in [-0.39, 0.29) is 0 Å². The van der Waals surface area contributed by atoms with Gasteiger partial charge in [-0.1, -0.05) is 182 Å². The van der Waals surface area contributed by atoms with Crippen molar-refractivity contribution in [1.82, 2.24) is 9.55 Å². The van der Waals surface area contributed by atoms with Crippen LogP contribution in [0.2, 0.25) is 0 Å². The Hall–Kier alpha value is -8.33. The Morgan fingerprint density at radius 3 is 1.54 bits per heavy atom. The summed E-state index contributed by atoms with van der Waals surface area (Å²) in [5.74, 6) is 0. The van der Waals surface area contributed by atoms with Gasteiger partial charge in [0.15, 0.2) is 0 Å². The lowest BCUT2D eigenvalue weighted by molar-refractivity contribution is 1.18. The van der Waals surface area contributed by atoms with E-state index in [9.17, 15) is 0 Å². The standard InChI is InChI=1S/C61H38N2/c1-3-16-42(17-4-1)61-55-37-54-47-21-13-14-26-57(47)63(46-19-5-2-6-20-46)58(54)38-52(55)53-36-44(33-34-56(53)62-61)40-27-30-41(31-28-40)59-48-22-9-11-24-50(48)60(51-25-12-10-23-49(51)59)45-32-29-39-15-7-8-18-43(39)35-45/h1-38H. The van der Waals surface area contributed by atoms with Crippen molar-refractivity contribution in [2.75, 3.05) is 0 Å². The van der Waals surface area contributed by atoms with E-state index in [4.69, 9.17) is 4.98 Å². The lowest BCUT2D eigenvalue weighted by Gasteiger charge is -2.18. The van der Waals surface area contributed by atoms with Crippen LogP contribution in [0.4, 0.5) is 0 Å². The number of para-hydroxylation sites is 2. The highest BCUT2D eigenvalue weighted by Gasteiger charge is 2.20. The number of hydrogen-bond donors (Lipinski definition) is 0. The molecule has 0 aliphatic carbocycles. The van der Waals surface area contributed by atoms with Crippen molar-refractivity contribution in [3.05, 3.63) is 231 Å². The average molecular weight is 799 g/mol. The number of benzene rings is 11. The molecular formula is C61H38N2.